The van der Waals surface area contributed by atoms with Gasteiger partial charge in [-0.05, 0) is 11.8 Å². The van der Waals surface area contributed by atoms with Gasteiger partial charge in [-0.2, -0.15) is 0 Å². The lowest BCUT2D eigenvalue weighted by Gasteiger charge is -2.16. The average Bonchev–Trinajstić information content (AvgIpc) is 1.85. The fourth-order valence-electron chi connectivity index (χ4n) is 0.492. The van der Waals surface area contributed by atoms with Gasteiger partial charge in [-0.1, -0.05) is 20.8 Å². The third kappa shape index (κ3) is 6.92. The Bertz CT molecular complexity index is 169. The molecule has 0 unspecified atom stereocenters. The van der Waals surface area contributed by atoms with Crippen LogP contribution in [-0.4, -0.2) is 12.6 Å². The van der Waals surface area contributed by atoms with Crippen LogP contribution in [0, 0.1) is 17.8 Å². The summed E-state index contributed by atoms with van der Waals surface area (Å²) in [5, 5.41) is 0. The second-order valence-corrected chi connectivity index (χ2v) is 3.59. The highest BCUT2D eigenvalue weighted by Crippen LogP contribution is 2.17. The van der Waals surface area contributed by atoms with Gasteiger partial charge in [0.05, 0.1) is 6.61 Å². The van der Waals surface area contributed by atoms with Crippen LogP contribution < -0.4 is 0 Å². The Labute approximate surface area is 67.9 Å². The smallest absolute Gasteiger partial charge is 0.384 e. The van der Waals surface area contributed by atoms with Crippen molar-refractivity contribution in [1.82, 2.24) is 0 Å². The van der Waals surface area contributed by atoms with Crippen molar-refractivity contribution in [3.8, 4) is 12.3 Å². The van der Waals surface area contributed by atoms with Crippen LogP contribution >= 0.6 is 0 Å². The van der Waals surface area contributed by atoms with Gasteiger partial charge in [-0.25, -0.2) is 4.79 Å². The van der Waals surface area contributed by atoms with E-state index >= 15 is 0 Å². The highest BCUT2D eigenvalue weighted by atomic mass is 16.5. The molecule has 0 aliphatic rings. The Balaban J connectivity index is 3.45. The molecule has 0 saturated carbocycles. The van der Waals surface area contributed by atoms with E-state index in [0.29, 0.717) is 6.61 Å². The van der Waals surface area contributed by atoms with E-state index in [-0.39, 0.29) is 5.41 Å². The SMILES string of the molecule is C#CC(=O)OCCC(C)(C)C. The van der Waals surface area contributed by atoms with Gasteiger partial charge in [0.15, 0.2) is 0 Å². The van der Waals surface area contributed by atoms with Crippen molar-refractivity contribution < 1.29 is 9.53 Å². The summed E-state index contributed by atoms with van der Waals surface area (Å²) < 4.78 is 4.69. The lowest BCUT2D eigenvalue weighted by atomic mass is 9.93. The van der Waals surface area contributed by atoms with Crippen LogP contribution in [-0.2, 0) is 9.53 Å². The van der Waals surface area contributed by atoms with E-state index in [1.165, 1.54) is 0 Å². The predicted molar refractivity (Wildman–Crippen MR) is 43.9 cm³/mol. The van der Waals surface area contributed by atoms with Crippen molar-refractivity contribution in [3.05, 3.63) is 0 Å². The topological polar surface area (TPSA) is 26.3 Å². The molecule has 0 fully saturated rings. The van der Waals surface area contributed by atoms with Gasteiger partial charge in [0.1, 0.15) is 0 Å². The van der Waals surface area contributed by atoms with Gasteiger partial charge in [0.2, 0.25) is 0 Å². The van der Waals surface area contributed by atoms with Gasteiger partial charge in [-0.15, -0.1) is 6.42 Å². The summed E-state index contributed by atoms with van der Waals surface area (Å²) in [5.41, 5.74) is 0.189. The molecule has 0 atom stereocenters. The molecule has 0 bridgehead atoms. The number of carbonyl (C=O) groups is 1. The normalized spacial score (nSPS) is 10.4. The maximum Gasteiger partial charge on any atom is 0.384 e. The third-order valence-electron chi connectivity index (χ3n) is 1.20. The van der Waals surface area contributed by atoms with Gasteiger partial charge < -0.3 is 4.74 Å². The number of terminal acetylenes is 1. The van der Waals surface area contributed by atoms with Crippen molar-refractivity contribution in [2.45, 2.75) is 27.2 Å². The molecule has 0 aromatic rings. The molecule has 0 amide bonds. The molecule has 0 aromatic heterocycles. The Morgan fingerprint density at radius 3 is 2.45 bits per heavy atom. The molecule has 2 nitrogen and oxygen atoms in total. The first kappa shape index (κ1) is 10.0. The molecule has 0 aromatic carbocycles. The van der Waals surface area contributed by atoms with Crippen molar-refractivity contribution in [2.24, 2.45) is 5.41 Å². The largest absolute Gasteiger partial charge is 0.456 e. The summed E-state index contributed by atoms with van der Waals surface area (Å²) in [6, 6.07) is 0. The Kier molecular flexibility index (Phi) is 3.67. The summed E-state index contributed by atoms with van der Waals surface area (Å²) >= 11 is 0. The van der Waals surface area contributed by atoms with Gasteiger partial charge in [0, 0.05) is 5.92 Å². The second-order valence-electron chi connectivity index (χ2n) is 3.59. The lowest BCUT2D eigenvalue weighted by molar-refractivity contribution is -0.137. The number of hydrogen-bond donors (Lipinski definition) is 0. The van der Waals surface area contributed by atoms with Crippen molar-refractivity contribution in [1.29, 1.82) is 0 Å². The summed E-state index contributed by atoms with van der Waals surface area (Å²) in [4.78, 5) is 10.4. The highest BCUT2D eigenvalue weighted by Gasteiger charge is 2.10. The van der Waals surface area contributed by atoms with Gasteiger partial charge in [-0.3, -0.25) is 0 Å². The van der Waals surface area contributed by atoms with Crippen molar-refractivity contribution in [2.75, 3.05) is 6.61 Å². The van der Waals surface area contributed by atoms with E-state index in [9.17, 15) is 4.79 Å². The summed E-state index contributed by atoms with van der Waals surface area (Å²) in [5.74, 6) is 1.32. The number of esters is 1. The minimum absolute atomic E-state index is 0.189. The van der Waals surface area contributed by atoms with Crippen LogP contribution in [0.25, 0.3) is 0 Å². The molecule has 11 heavy (non-hydrogen) atoms. The summed E-state index contributed by atoms with van der Waals surface area (Å²) in [6.45, 7) is 6.65. The zero-order valence-electron chi connectivity index (χ0n) is 7.31. The molecule has 0 N–H and O–H groups in total. The van der Waals surface area contributed by atoms with Crippen LogP contribution in [0.15, 0.2) is 0 Å². The lowest BCUT2D eigenvalue weighted by Crippen LogP contribution is -2.11. The first-order chi connectivity index (χ1) is 4.95. The van der Waals surface area contributed by atoms with E-state index in [0.717, 1.165) is 6.42 Å². The maximum atomic E-state index is 10.4. The molecular formula is C9H14O2. The minimum Gasteiger partial charge on any atom is -0.456 e. The van der Waals surface area contributed by atoms with Crippen LogP contribution in [0.1, 0.15) is 27.2 Å². The Morgan fingerprint density at radius 2 is 2.09 bits per heavy atom. The van der Waals surface area contributed by atoms with Crippen LogP contribution in [0.2, 0.25) is 0 Å². The number of carbonyl (C=O) groups excluding carboxylic acids is 1. The number of ether oxygens (including phenoxy) is 1. The maximum absolute atomic E-state index is 10.4. The summed E-state index contributed by atoms with van der Waals surface area (Å²) in [7, 11) is 0. The molecule has 0 aliphatic heterocycles. The zero-order valence-corrected chi connectivity index (χ0v) is 7.31. The molecular weight excluding hydrogens is 140 g/mol. The molecule has 0 saturated heterocycles. The molecule has 0 aliphatic carbocycles. The minimum atomic E-state index is -0.575. The monoisotopic (exact) mass is 154 g/mol. The van der Waals surface area contributed by atoms with Gasteiger partial charge >= 0.3 is 5.97 Å². The molecule has 0 spiro atoms. The molecule has 0 heterocycles. The molecule has 0 radical (unpaired) electrons. The molecule has 2 heteroatoms. The Hall–Kier alpha value is -0.970. The average molecular weight is 154 g/mol. The first-order valence-corrected chi connectivity index (χ1v) is 3.59. The van der Waals surface area contributed by atoms with E-state index in [1.54, 1.807) is 0 Å². The van der Waals surface area contributed by atoms with Crippen molar-refractivity contribution >= 4 is 5.97 Å². The zero-order chi connectivity index (χ0) is 8.91. The first-order valence-electron chi connectivity index (χ1n) is 3.59. The number of rotatable bonds is 2. The van der Waals surface area contributed by atoms with Crippen LogP contribution in [0.5, 0.6) is 0 Å². The van der Waals surface area contributed by atoms with E-state index in [4.69, 9.17) is 11.2 Å². The quantitative estimate of drug-likeness (QED) is 0.343. The standard InChI is InChI=1S/C9H14O2/c1-5-8(10)11-7-6-9(2,3)4/h1H,6-7H2,2-4H3. The predicted octanol–water partition coefficient (Wildman–Crippen LogP) is 1.60. The third-order valence-corrected chi connectivity index (χ3v) is 1.20. The van der Waals surface area contributed by atoms with Crippen LogP contribution in [0.3, 0.4) is 0 Å². The van der Waals surface area contributed by atoms with Gasteiger partial charge in [0.25, 0.3) is 0 Å². The molecule has 0 rings (SSSR count). The number of hydrogen-bond acceptors (Lipinski definition) is 2. The summed E-state index contributed by atoms with van der Waals surface area (Å²) in [6.07, 6.45) is 5.63. The fraction of sp³-hybridized carbons (Fsp3) is 0.667. The van der Waals surface area contributed by atoms with E-state index in [2.05, 4.69) is 20.8 Å². The highest BCUT2D eigenvalue weighted by molar-refractivity contribution is 5.87. The molecule has 62 valence electrons. The van der Waals surface area contributed by atoms with Crippen molar-refractivity contribution in [3.63, 3.8) is 0 Å². The van der Waals surface area contributed by atoms with E-state index < -0.39 is 5.97 Å². The second kappa shape index (κ2) is 4.02. The fourth-order valence-corrected chi connectivity index (χ4v) is 0.492. The van der Waals surface area contributed by atoms with E-state index in [1.807, 2.05) is 5.92 Å². The Morgan fingerprint density at radius 1 is 1.55 bits per heavy atom. The van der Waals surface area contributed by atoms with Crippen LogP contribution in [0.4, 0.5) is 0 Å².